The van der Waals surface area contributed by atoms with Gasteiger partial charge in [0.15, 0.2) is 0 Å². The lowest BCUT2D eigenvalue weighted by Crippen LogP contribution is -2.19. The number of carbonyl (C=O) groups excluding carboxylic acids is 1. The van der Waals surface area contributed by atoms with Crippen molar-refractivity contribution < 1.29 is 14.3 Å². The summed E-state index contributed by atoms with van der Waals surface area (Å²) in [5, 5.41) is 6.72. The van der Waals surface area contributed by atoms with Crippen LogP contribution in [0.15, 0.2) is 54.7 Å². The van der Waals surface area contributed by atoms with Gasteiger partial charge in [-0.1, -0.05) is 24.3 Å². The molecule has 3 aromatic rings. The van der Waals surface area contributed by atoms with Crippen molar-refractivity contribution in [3.63, 3.8) is 0 Å². The number of rotatable bonds is 6. The van der Waals surface area contributed by atoms with Crippen LogP contribution in [-0.2, 0) is 11.3 Å². The predicted molar refractivity (Wildman–Crippen MR) is 99.4 cm³/mol. The van der Waals surface area contributed by atoms with Crippen LogP contribution in [0.1, 0.15) is 0 Å². The van der Waals surface area contributed by atoms with E-state index in [4.69, 9.17) is 9.47 Å². The second kappa shape index (κ2) is 7.72. The maximum absolute atomic E-state index is 12.4. The molecule has 0 aliphatic carbocycles. The van der Waals surface area contributed by atoms with Crippen LogP contribution in [0.3, 0.4) is 0 Å². The summed E-state index contributed by atoms with van der Waals surface area (Å²) >= 11 is 0. The molecule has 1 heterocycles. The first-order valence-corrected chi connectivity index (χ1v) is 8.00. The first-order valence-electron chi connectivity index (χ1n) is 8.00. The number of hydrogen-bond donors (Lipinski definition) is 2. The number of urea groups is 1. The SMILES string of the molecule is COCCn1cc(NC(=O)Nc2cccc(OC)c2)c2ccccc21. The maximum Gasteiger partial charge on any atom is 0.323 e. The number of anilines is 2. The molecule has 6 heteroatoms. The Labute approximate surface area is 146 Å². The van der Waals surface area contributed by atoms with E-state index >= 15 is 0 Å². The van der Waals surface area contributed by atoms with Gasteiger partial charge in [0.2, 0.25) is 0 Å². The van der Waals surface area contributed by atoms with Crippen LogP contribution < -0.4 is 15.4 Å². The summed E-state index contributed by atoms with van der Waals surface area (Å²) in [5.41, 5.74) is 2.48. The minimum Gasteiger partial charge on any atom is -0.497 e. The second-order valence-electron chi connectivity index (χ2n) is 5.56. The van der Waals surface area contributed by atoms with Gasteiger partial charge in [0.1, 0.15) is 5.75 Å². The third-order valence-electron chi connectivity index (χ3n) is 3.90. The number of fused-ring (bicyclic) bond motifs is 1. The van der Waals surface area contributed by atoms with Gasteiger partial charge >= 0.3 is 6.03 Å². The number of carbonyl (C=O) groups is 1. The Morgan fingerprint density at radius 1 is 1.08 bits per heavy atom. The van der Waals surface area contributed by atoms with E-state index in [2.05, 4.69) is 15.2 Å². The van der Waals surface area contributed by atoms with E-state index in [9.17, 15) is 4.79 Å². The monoisotopic (exact) mass is 339 g/mol. The van der Waals surface area contributed by atoms with Gasteiger partial charge in [0, 0.05) is 37.0 Å². The summed E-state index contributed by atoms with van der Waals surface area (Å²) < 4.78 is 12.4. The number of ether oxygens (including phenoxy) is 2. The highest BCUT2D eigenvalue weighted by molar-refractivity contribution is 6.06. The Morgan fingerprint density at radius 2 is 1.92 bits per heavy atom. The summed E-state index contributed by atoms with van der Waals surface area (Å²) in [6, 6.07) is 14.9. The summed E-state index contributed by atoms with van der Waals surface area (Å²) in [4.78, 5) is 12.4. The maximum atomic E-state index is 12.4. The van der Waals surface area contributed by atoms with E-state index in [-0.39, 0.29) is 6.03 Å². The normalized spacial score (nSPS) is 10.6. The summed E-state index contributed by atoms with van der Waals surface area (Å²) in [6.07, 6.45) is 1.93. The zero-order valence-electron chi connectivity index (χ0n) is 14.3. The molecule has 6 nitrogen and oxygen atoms in total. The number of aromatic nitrogens is 1. The number of benzene rings is 2. The highest BCUT2D eigenvalue weighted by Gasteiger charge is 2.11. The Kier molecular flexibility index (Phi) is 5.20. The van der Waals surface area contributed by atoms with Gasteiger partial charge < -0.3 is 24.7 Å². The van der Waals surface area contributed by atoms with E-state index < -0.39 is 0 Å². The third-order valence-corrected chi connectivity index (χ3v) is 3.90. The molecule has 0 fully saturated rings. The molecule has 0 spiro atoms. The number of nitrogens with one attached hydrogen (secondary N) is 2. The molecule has 2 aromatic carbocycles. The van der Waals surface area contributed by atoms with E-state index in [0.29, 0.717) is 18.0 Å². The fourth-order valence-electron chi connectivity index (χ4n) is 2.71. The van der Waals surface area contributed by atoms with Crippen molar-refractivity contribution in [1.82, 2.24) is 4.57 Å². The minimum atomic E-state index is -0.303. The Bertz CT molecular complexity index is 873. The van der Waals surface area contributed by atoms with Gasteiger partial charge in [-0.05, 0) is 18.2 Å². The Balaban J connectivity index is 1.78. The average molecular weight is 339 g/mol. The summed E-state index contributed by atoms with van der Waals surface area (Å²) in [6.45, 7) is 1.32. The molecular formula is C19H21N3O3. The van der Waals surface area contributed by atoms with Crippen LogP contribution in [0, 0.1) is 0 Å². The minimum absolute atomic E-state index is 0.303. The van der Waals surface area contributed by atoms with Crippen molar-refractivity contribution in [2.45, 2.75) is 6.54 Å². The van der Waals surface area contributed by atoms with Crippen molar-refractivity contribution in [3.8, 4) is 5.75 Å². The summed E-state index contributed by atoms with van der Waals surface area (Å²) in [7, 11) is 3.26. The van der Waals surface area contributed by atoms with E-state index in [1.54, 1.807) is 20.3 Å². The predicted octanol–water partition coefficient (Wildman–Crippen LogP) is 3.94. The number of methoxy groups -OCH3 is 2. The van der Waals surface area contributed by atoms with Gasteiger partial charge in [-0.2, -0.15) is 0 Å². The van der Waals surface area contributed by atoms with Crippen molar-refractivity contribution in [1.29, 1.82) is 0 Å². The molecular weight excluding hydrogens is 318 g/mol. The van der Waals surface area contributed by atoms with Crippen LogP contribution in [-0.4, -0.2) is 31.4 Å². The van der Waals surface area contributed by atoms with Gasteiger partial charge in [0.25, 0.3) is 0 Å². The van der Waals surface area contributed by atoms with E-state index in [1.165, 1.54) is 0 Å². The molecule has 2 N–H and O–H groups in total. The molecule has 0 radical (unpaired) electrons. The number of amides is 2. The molecule has 0 aliphatic heterocycles. The van der Waals surface area contributed by atoms with Crippen molar-refractivity contribution in [2.75, 3.05) is 31.5 Å². The van der Waals surface area contributed by atoms with E-state index in [0.717, 1.165) is 23.1 Å². The Morgan fingerprint density at radius 3 is 2.72 bits per heavy atom. The molecule has 0 aliphatic rings. The molecule has 25 heavy (non-hydrogen) atoms. The number of para-hydroxylation sites is 1. The smallest absolute Gasteiger partial charge is 0.323 e. The van der Waals surface area contributed by atoms with Crippen LogP contribution in [0.25, 0.3) is 10.9 Å². The molecule has 0 saturated heterocycles. The lowest BCUT2D eigenvalue weighted by Gasteiger charge is -2.08. The second-order valence-corrected chi connectivity index (χ2v) is 5.56. The van der Waals surface area contributed by atoms with Crippen LogP contribution in [0.5, 0.6) is 5.75 Å². The first-order chi connectivity index (χ1) is 12.2. The molecule has 2 amide bonds. The zero-order chi connectivity index (χ0) is 17.6. The molecule has 0 saturated carbocycles. The Hall–Kier alpha value is -2.99. The molecule has 0 atom stereocenters. The van der Waals surface area contributed by atoms with Crippen molar-refractivity contribution in [2.24, 2.45) is 0 Å². The topological polar surface area (TPSA) is 64.5 Å². The molecule has 1 aromatic heterocycles. The molecule has 0 bridgehead atoms. The van der Waals surface area contributed by atoms with E-state index in [1.807, 2.05) is 48.7 Å². The number of hydrogen-bond acceptors (Lipinski definition) is 3. The quantitative estimate of drug-likeness (QED) is 0.715. The molecule has 0 unspecified atom stereocenters. The van der Waals surface area contributed by atoms with Crippen molar-refractivity contribution in [3.05, 3.63) is 54.7 Å². The van der Waals surface area contributed by atoms with Crippen LogP contribution in [0.2, 0.25) is 0 Å². The van der Waals surface area contributed by atoms with Gasteiger partial charge in [-0.15, -0.1) is 0 Å². The van der Waals surface area contributed by atoms with Gasteiger partial charge in [0.05, 0.1) is 24.9 Å². The number of nitrogens with zero attached hydrogens (tertiary/aromatic N) is 1. The van der Waals surface area contributed by atoms with Crippen molar-refractivity contribution >= 4 is 28.3 Å². The first kappa shape index (κ1) is 16.9. The zero-order valence-corrected chi connectivity index (χ0v) is 14.3. The van der Waals surface area contributed by atoms with Gasteiger partial charge in [-0.25, -0.2) is 4.79 Å². The highest BCUT2D eigenvalue weighted by atomic mass is 16.5. The van der Waals surface area contributed by atoms with Crippen LogP contribution >= 0.6 is 0 Å². The average Bonchev–Trinajstić information content (AvgIpc) is 2.98. The highest BCUT2D eigenvalue weighted by Crippen LogP contribution is 2.26. The largest absolute Gasteiger partial charge is 0.497 e. The fraction of sp³-hybridized carbons (Fsp3) is 0.211. The standard InChI is InChI=1S/C19H21N3O3/c1-24-11-10-22-13-17(16-8-3-4-9-18(16)22)21-19(23)20-14-6-5-7-15(12-14)25-2/h3-9,12-13H,10-11H2,1-2H3,(H2,20,21,23). The molecule has 130 valence electrons. The van der Waals surface area contributed by atoms with Gasteiger partial charge in [-0.3, -0.25) is 0 Å². The fourth-order valence-corrected chi connectivity index (χ4v) is 2.71. The third kappa shape index (κ3) is 3.92. The summed E-state index contributed by atoms with van der Waals surface area (Å²) in [5.74, 6) is 0.689. The lowest BCUT2D eigenvalue weighted by atomic mass is 10.2. The van der Waals surface area contributed by atoms with Crippen LogP contribution in [0.4, 0.5) is 16.2 Å². The lowest BCUT2D eigenvalue weighted by molar-refractivity contribution is 0.188. The molecule has 3 rings (SSSR count).